The largest absolute Gasteiger partial charge is 0.322 e. The third-order valence-electron chi connectivity index (χ3n) is 3.43. The molecule has 21 heavy (non-hydrogen) atoms. The van der Waals surface area contributed by atoms with Gasteiger partial charge in [0.1, 0.15) is 11.6 Å². The molecular weight excluding hydrogens is 270 g/mol. The van der Waals surface area contributed by atoms with E-state index in [4.69, 9.17) is 5.73 Å². The van der Waals surface area contributed by atoms with Crippen molar-refractivity contribution in [3.05, 3.63) is 77.6 Å². The normalized spacial score (nSPS) is 12.5. The lowest BCUT2D eigenvalue weighted by Crippen LogP contribution is -2.15. The summed E-state index contributed by atoms with van der Waals surface area (Å²) in [5.74, 6) is -1.19. The van der Waals surface area contributed by atoms with E-state index in [9.17, 15) is 8.78 Å². The van der Waals surface area contributed by atoms with Gasteiger partial charge < -0.3 is 5.73 Å². The molecule has 0 aliphatic carbocycles. The molecule has 4 heteroatoms. The van der Waals surface area contributed by atoms with Crippen molar-refractivity contribution in [2.45, 2.75) is 12.5 Å². The Morgan fingerprint density at radius 3 is 2.48 bits per heavy atom. The fourth-order valence-corrected chi connectivity index (χ4v) is 2.52. The van der Waals surface area contributed by atoms with Crippen LogP contribution in [0.1, 0.15) is 17.3 Å². The molecule has 0 fully saturated rings. The predicted molar refractivity (Wildman–Crippen MR) is 78.7 cm³/mol. The minimum Gasteiger partial charge on any atom is -0.322 e. The molecule has 1 aromatic heterocycles. The van der Waals surface area contributed by atoms with E-state index in [1.807, 2.05) is 30.3 Å². The van der Waals surface area contributed by atoms with Crippen LogP contribution in [0.3, 0.4) is 0 Å². The first-order valence-corrected chi connectivity index (χ1v) is 6.67. The first-order chi connectivity index (χ1) is 10.1. The lowest BCUT2D eigenvalue weighted by molar-refractivity contribution is 0.576. The van der Waals surface area contributed by atoms with Crippen LogP contribution in [0, 0.1) is 11.6 Å². The smallest absolute Gasteiger partial charge is 0.126 e. The first kappa shape index (κ1) is 13.6. The van der Waals surface area contributed by atoms with E-state index in [0.717, 1.165) is 22.5 Å². The molecule has 1 unspecified atom stereocenters. The molecule has 0 radical (unpaired) electrons. The number of aromatic nitrogens is 1. The van der Waals surface area contributed by atoms with Crippen molar-refractivity contribution in [1.29, 1.82) is 0 Å². The van der Waals surface area contributed by atoms with Crippen molar-refractivity contribution in [3.8, 4) is 0 Å². The molecule has 0 spiro atoms. The monoisotopic (exact) mass is 284 g/mol. The minimum atomic E-state index is -0.594. The average molecular weight is 284 g/mol. The molecule has 1 heterocycles. The average Bonchev–Trinajstić information content (AvgIpc) is 2.45. The number of halogens is 2. The van der Waals surface area contributed by atoms with Crippen molar-refractivity contribution < 1.29 is 8.78 Å². The maximum absolute atomic E-state index is 13.2. The number of nitrogens with two attached hydrogens (primary N) is 1. The second-order valence-corrected chi connectivity index (χ2v) is 5.01. The molecule has 0 aliphatic heterocycles. The molecule has 0 amide bonds. The molecule has 1 atom stereocenters. The Bertz CT molecular complexity index is 761. The van der Waals surface area contributed by atoms with Crippen LogP contribution >= 0.6 is 0 Å². The van der Waals surface area contributed by atoms with Gasteiger partial charge in [0.05, 0.1) is 11.7 Å². The summed E-state index contributed by atoms with van der Waals surface area (Å²) in [7, 11) is 0. The van der Waals surface area contributed by atoms with Crippen LogP contribution < -0.4 is 5.73 Å². The summed E-state index contributed by atoms with van der Waals surface area (Å²) in [6.45, 7) is 0. The van der Waals surface area contributed by atoms with E-state index < -0.39 is 17.7 Å². The van der Waals surface area contributed by atoms with Crippen molar-refractivity contribution >= 4 is 10.8 Å². The molecule has 2 N–H and O–H groups in total. The SMILES string of the molecule is NC(Cc1cc(F)cc(F)c1)c1nccc2ccccc12. The number of benzene rings is 2. The zero-order valence-electron chi connectivity index (χ0n) is 11.3. The number of nitrogens with zero attached hydrogens (tertiary/aromatic N) is 1. The van der Waals surface area contributed by atoms with E-state index in [1.165, 1.54) is 12.1 Å². The summed E-state index contributed by atoms with van der Waals surface area (Å²) in [5.41, 5.74) is 7.44. The van der Waals surface area contributed by atoms with Crippen LogP contribution in [0.15, 0.2) is 54.7 Å². The topological polar surface area (TPSA) is 38.9 Å². The van der Waals surface area contributed by atoms with Crippen LogP contribution in [-0.2, 0) is 6.42 Å². The number of pyridine rings is 1. The summed E-state index contributed by atoms with van der Waals surface area (Å²) >= 11 is 0. The fourth-order valence-electron chi connectivity index (χ4n) is 2.52. The van der Waals surface area contributed by atoms with Gasteiger partial charge in [-0.15, -0.1) is 0 Å². The second kappa shape index (κ2) is 5.58. The summed E-state index contributed by atoms with van der Waals surface area (Å²) in [4.78, 5) is 4.34. The third-order valence-corrected chi connectivity index (χ3v) is 3.43. The van der Waals surface area contributed by atoms with Crippen LogP contribution in [0.2, 0.25) is 0 Å². The third kappa shape index (κ3) is 2.90. The summed E-state index contributed by atoms with van der Waals surface area (Å²) < 4.78 is 26.5. The zero-order valence-corrected chi connectivity index (χ0v) is 11.3. The highest BCUT2D eigenvalue weighted by Crippen LogP contribution is 2.23. The summed E-state index contributed by atoms with van der Waals surface area (Å²) in [5, 5.41) is 2.01. The van der Waals surface area contributed by atoms with E-state index >= 15 is 0 Å². The quantitative estimate of drug-likeness (QED) is 0.795. The van der Waals surface area contributed by atoms with Gasteiger partial charge in [-0.1, -0.05) is 24.3 Å². The van der Waals surface area contributed by atoms with Gasteiger partial charge in [0, 0.05) is 17.6 Å². The Kier molecular flexibility index (Phi) is 3.62. The molecule has 0 bridgehead atoms. The summed E-state index contributed by atoms with van der Waals surface area (Å²) in [6.07, 6.45) is 2.03. The molecule has 0 saturated heterocycles. The molecule has 2 aromatic carbocycles. The summed E-state index contributed by atoms with van der Waals surface area (Å²) in [6, 6.07) is 12.7. The van der Waals surface area contributed by atoms with Gasteiger partial charge in [-0.05, 0) is 35.6 Å². The molecule has 0 saturated carbocycles. The molecule has 3 aromatic rings. The molecule has 0 aliphatic rings. The van der Waals surface area contributed by atoms with Gasteiger partial charge in [0.25, 0.3) is 0 Å². The Morgan fingerprint density at radius 1 is 1.00 bits per heavy atom. The minimum absolute atomic E-state index is 0.329. The Labute approximate surface area is 121 Å². The second-order valence-electron chi connectivity index (χ2n) is 5.01. The predicted octanol–water partition coefficient (Wildman–Crippen LogP) is 3.76. The van der Waals surface area contributed by atoms with Crippen molar-refractivity contribution in [2.24, 2.45) is 5.73 Å². The highest BCUT2D eigenvalue weighted by molar-refractivity contribution is 5.84. The lowest BCUT2D eigenvalue weighted by Gasteiger charge is -2.14. The maximum atomic E-state index is 13.2. The van der Waals surface area contributed by atoms with Crippen LogP contribution in [0.4, 0.5) is 8.78 Å². The van der Waals surface area contributed by atoms with E-state index in [0.29, 0.717) is 12.0 Å². The zero-order chi connectivity index (χ0) is 14.8. The maximum Gasteiger partial charge on any atom is 0.126 e. The number of hydrogen-bond acceptors (Lipinski definition) is 2. The van der Waals surface area contributed by atoms with E-state index in [1.54, 1.807) is 6.20 Å². The van der Waals surface area contributed by atoms with Crippen LogP contribution in [-0.4, -0.2) is 4.98 Å². The van der Waals surface area contributed by atoms with Crippen LogP contribution in [0.25, 0.3) is 10.8 Å². The van der Waals surface area contributed by atoms with Crippen molar-refractivity contribution in [3.63, 3.8) is 0 Å². The lowest BCUT2D eigenvalue weighted by atomic mass is 9.99. The van der Waals surface area contributed by atoms with Gasteiger partial charge in [0.15, 0.2) is 0 Å². The van der Waals surface area contributed by atoms with E-state index in [2.05, 4.69) is 4.98 Å². The van der Waals surface area contributed by atoms with E-state index in [-0.39, 0.29) is 0 Å². The highest BCUT2D eigenvalue weighted by Gasteiger charge is 2.13. The number of rotatable bonds is 3. The van der Waals surface area contributed by atoms with Crippen molar-refractivity contribution in [1.82, 2.24) is 4.98 Å². The Morgan fingerprint density at radius 2 is 1.71 bits per heavy atom. The molecular formula is C17H14F2N2. The van der Waals surface area contributed by atoms with Gasteiger partial charge >= 0.3 is 0 Å². The standard InChI is InChI=1S/C17H14F2N2/c18-13-7-11(8-14(19)10-13)9-16(20)17-15-4-2-1-3-12(15)5-6-21-17/h1-8,10,16H,9,20H2. The Balaban J connectivity index is 1.95. The first-order valence-electron chi connectivity index (χ1n) is 6.67. The van der Waals surface area contributed by atoms with Crippen molar-refractivity contribution in [2.75, 3.05) is 0 Å². The van der Waals surface area contributed by atoms with Gasteiger partial charge in [-0.2, -0.15) is 0 Å². The van der Waals surface area contributed by atoms with Crippen LogP contribution in [0.5, 0.6) is 0 Å². The molecule has 2 nitrogen and oxygen atoms in total. The molecule has 3 rings (SSSR count). The Hall–Kier alpha value is -2.33. The number of fused-ring (bicyclic) bond motifs is 1. The van der Waals surface area contributed by atoms with Gasteiger partial charge in [-0.3, -0.25) is 4.98 Å². The van der Waals surface area contributed by atoms with Gasteiger partial charge in [-0.25, -0.2) is 8.78 Å². The van der Waals surface area contributed by atoms with Gasteiger partial charge in [0.2, 0.25) is 0 Å². The fraction of sp³-hybridized carbons (Fsp3) is 0.118. The highest BCUT2D eigenvalue weighted by atomic mass is 19.1. The number of hydrogen-bond donors (Lipinski definition) is 1. The molecule has 106 valence electrons.